The highest BCUT2D eigenvalue weighted by Gasteiger charge is 2.53. The summed E-state index contributed by atoms with van der Waals surface area (Å²) < 4.78 is 5.32. The number of ether oxygens (including phenoxy) is 1. The van der Waals surface area contributed by atoms with Crippen LogP contribution in [0.1, 0.15) is 54.4 Å². The summed E-state index contributed by atoms with van der Waals surface area (Å²) in [4.78, 5) is 27.7. The summed E-state index contributed by atoms with van der Waals surface area (Å²) in [5, 5.41) is 0.586. The Morgan fingerprint density at radius 1 is 1.10 bits per heavy atom. The molecule has 1 spiro atoms. The predicted octanol–water partition coefficient (Wildman–Crippen LogP) is 5.51. The highest BCUT2D eigenvalue weighted by Crippen LogP contribution is 2.52. The molecule has 158 valence electrons. The largest absolute Gasteiger partial charge is 0.464 e. The number of nitrogens with zero attached hydrogens (tertiary/aromatic N) is 1. The van der Waals surface area contributed by atoms with E-state index in [1.807, 2.05) is 11.0 Å². The lowest BCUT2D eigenvalue weighted by Gasteiger charge is -2.44. The van der Waals surface area contributed by atoms with Gasteiger partial charge in [-0.2, -0.15) is 0 Å². The number of thioether (sulfide) groups is 1. The van der Waals surface area contributed by atoms with Crippen LogP contribution in [-0.4, -0.2) is 40.0 Å². The van der Waals surface area contributed by atoms with E-state index in [1.165, 1.54) is 5.56 Å². The summed E-state index contributed by atoms with van der Waals surface area (Å²) in [7, 11) is 0. The molecule has 0 N–H and O–H groups in total. The fourth-order valence-corrected chi connectivity index (χ4v) is 6.40. The molecule has 2 aromatic rings. The average Bonchev–Trinajstić information content (AvgIpc) is 3.14. The highest BCUT2D eigenvalue weighted by molar-refractivity contribution is 8.01. The van der Waals surface area contributed by atoms with E-state index in [2.05, 4.69) is 24.3 Å². The molecule has 1 saturated heterocycles. The number of amides is 1. The number of hydrogen-bond acceptors (Lipinski definition) is 4. The van der Waals surface area contributed by atoms with Crippen molar-refractivity contribution in [2.75, 3.05) is 12.4 Å². The molecule has 30 heavy (non-hydrogen) atoms. The molecule has 2 aliphatic rings. The van der Waals surface area contributed by atoms with Gasteiger partial charge in [0.25, 0.3) is 5.91 Å². The summed E-state index contributed by atoms with van der Waals surface area (Å²) in [5.74, 6) is 0.641. The van der Waals surface area contributed by atoms with Crippen molar-refractivity contribution in [3.63, 3.8) is 0 Å². The molecule has 2 fully saturated rings. The maximum atomic E-state index is 13.6. The standard InChI is InChI=1S/C24H26ClNO3S/c1-2-29-23(28)21-16-30-24(26(21)22(27)19-8-10-20(25)11-9-19)14-12-18(13-15-24)17-6-4-3-5-7-17/h3-11,18,21H,2,12-16H2,1H3. The van der Waals surface area contributed by atoms with Gasteiger partial charge < -0.3 is 9.64 Å². The molecular weight excluding hydrogens is 418 g/mol. The number of esters is 1. The summed E-state index contributed by atoms with van der Waals surface area (Å²) in [6.45, 7) is 2.11. The minimum Gasteiger partial charge on any atom is -0.464 e. The monoisotopic (exact) mass is 443 g/mol. The van der Waals surface area contributed by atoms with Gasteiger partial charge in [0.15, 0.2) is 0 Å². The summed E-state index contributed by atoms with van der Waals surface area (Å²) in [6.07, 6.45) is 3.73. The Balaban J connectivity index is 1.60. The van der Waals surface area contributed by atoms with Crippen molar-refractivity contribution >= 4 is 35.2 Å². The lowest BCUT2D eigenvalue weighted by atomic mass is 9.80. The van der Waals surface area contributed by atoms with Crippen LogP contribution in [0.4, 0.5) is 0 Å². The van der Waals surface area contributed by atoms with Crippen LogP contribution in [0.2, 0.25) is 5.02 Å². The van der Waals surface area contributed by atoms with Gasteiger partial charge in [-0.05, 0) is 68.4 Å². The maximum absolute atomic E-state index is 13.6. The minimum atomic E-state index is -0.550. The van der Waals surface area contributed by atoms with E-state index in [-0.39, 0.29) is 16.7 Å². The van der Waals surface area contributed by atoms with Gasteiger partial charge >= 0.3 is 5.97 Å². The number of hydrogen-bond donors (Lipinski definition) is 0. The quantitative estimate of drug-likeness (QED) is 0.584. The molecule has 4 nitrogen and oxygen atoms in total. The fourth-order valence-electron chi connectivity index (χ4n) is 4.64. The van der Waals surface area contributed by atoms with Gasteiger partial charge in [-0.3, -0.25) is 4.79 Å². The van der Waals surface area contributed by atoms with E-state index in [4.69, 9.17) is 16.3 Å². The Hall–Kier alpha value is -1.98. The van der Waals surface area contributed by atoms with Gasteiger partial charge in [-0.25, -0.2) is 4.79 Å². The van der Waals surface area contributed by atoms with Gasteiger partial charge in [-0.15, -0.1) is 11.8 Å². The van der Waals surface area contributed by atoms with Crippen molar-refractivity contribution in [1.29, 1.82) is 0 Å². The molecule has 2 aromatic carbocycles. The smallest absolute Gasteiger partial charge is 0.329 e. The first-order valence-corrected chi connectivity index (χ1v) is 11.9. The molecule has 4 rings (SSSR count). The van der Waals surface area contributed by atoms with E-state index < -0.39 is 6.04 Å². The van der Waals surface area contributed by atoms with Crippen molar-refractivity contribution in [2.24, 2.45) is 0 Å². The number of rotatable bonds is 4. The fraction of sp³-hybridized carbons (Fsp3) is 0.417. The van der Waals surface area contributed by atoms with Gasteiger partial charge in [0.05, 0.1) is 11.5 Å². The molecule has 0 aromatic heterocycles. The van der Waals surface area contributed by atoms with Crippen molar-refractivity contribution in [2.45, 2.75) is 49.4 Å². The SMILES string of the molecule is CCOC(=O)C1CSC2(CCC(c3ccccc3)CC2)N1C(=O)c1ccc(Cl)cc1. The summed E-state index contributed by atoms with van der Waals surface area (Å²) >= 11 is 7.75. The second-order valence-corrected chi connectivity index (χ2v) is 9.71. The Labute approximate surface area is 186 Å². The van der Waals surface area contributed by atoms with E-state index in [0.717, 1.165) is 25.7 Å². The molecule has 0 bridgehead atoms. The number of carbonyl (C=O) groups is 2. The van der Waals surface area contributed by atoms with Gasteiger partial charge in [0, 0.05) is 16.3 Å². The average molecular weight is 444 g/mol. The van der Waals surface area contributed by atoms with Crippen molar-refractivity contribution < 1.29 is 14.3 Å². The Morgan fingerprint density at radius 3 is 2.40 bits per heavy atom. The van der Waals surface area contributed by atoms with Crippen LogP contribution in [0.5, 0.6) is 0 Å². The zero-order chi connectivity index (χ0) is 21.1. The molecule has 1 amide bonds. The van der Waals surface area contributed by atoms with Gasteiger partial charge in [0.1, 0.15) is 6.04 Å². The first kappa shape index (κ1) is 21.3. The van der Waals surface area contributed by atoms with Crippen LogP contribution in [0.3, 0.4) is 0 Å². The van der Waals surface area contributed by atoms with Crippen LogP contribution in [0.25, 0.3) is 0 Å². The molecule has 6 heteroatoms. The number of halogens is 1. The molecule has 0 radical (unpaired) electrons. The molecular formula is C24H26ClNO3S. The van der Waals surface area contributed by atoms with Crippen LogP contribution in [0, 0.1) is 0 Å². The normalized spacial score (nSPS) is 26.0. The third kappa shape index (κ3) is 4.10. The maximum Gasteiger partial charge on any atom is 0.329 e. The van der Waals surface area contributed by atoms with Crippen molar-refractivity contribution in [3.8, 4) is 0 Å². The molecule has 1 saturated carbocycles. The Kier molecular flexibility index (Phi) is 6.40. The molecule has 1 atom stereocenters. The van der Waals surface area contributed by atoms with Crippen molar-refractivity contribution in [1.82, 2.24) is 4.90 Å². The molecule has 1 aliphatic carbocycles. The number of benzene rings is 2. The van der Waals surface area contributed by atoms with Crippen LogP contribution in [-0.2, 0) is 9.53 Å². The first-order valence-electron chi connectivity index (χ1n) is 10.5. The second-order valence-electron chi connectivity index (χ2n) is 7.89. The minimum absolute atomic E-state index is 0.118. The topological polar surface area (TPSA) is 46.6 Å². The summed E-state index contributed by atoms with van der Waals surface area (Å²) in [6, 6.07) is 16.9. The third-order valence-electron chi connectivity index (χ3n) is 6.17. The summed E-state index contributed by atoms with van der Waals surface area (Å²) in [5.41, 5.74) is 1.91. The van der Waals surface area contributed by atoms with Gasteiger partial charge in [0.2, 0.25) is 0 Å². The van der Waals surface area contributed by atoms with Crippen LogP contribution >= 0.6 is 23.4 Å². The van der Waals surface area contributed by atoms with E-state index in [0.29, 0.717) is 28.9 Å². The lowest BCUT2D eigenvalue weighted by Crippen LogP contribution is -2.54. The molecule has 1 unspecified atom stereocenters. The first-order chi connectivity index (χ1) is 14.5. The zero-order valence-corrected chi connectivity index (χ0v) is 18.6. The number of carbonyl (C=O) groups excluding carboxylic acids is 2. The van der Waals surface area contributed by atoms with Crippen LogP contribution < -0.4 is 0 Å². The van der Waals surface area contributed by atoms with E-state index >= 15 is 0 Å². The Bertz CT molecular complexity index is 894. The van der Waals surface area contributed by atoms with Crippen molar-refractivity contribution in [3.05, 3.63) is 70.7 Å². The predicted molar refractivity (Wildman–Crippen MR) is 121 cm³/mol. The second kappa shape index (κ2) is 9.03. The highest BCUT2D eigenvalue weighted by atomic mass is 35.5. The van der Waals surface area contributed by atoms with E-state index in [9.17, 15) is 9.59 Å². The van der Waals surface area contributed by atoms with Gasteiger partial charge in [-0.1, -0.05) is 41.9 Å². The third-order valence-corrected chi connectivity index (χ3v) is 8.04. The van der Waals surface area contributed by atoms with Crippen LogP contribution in [0.15, 0.2) is 54.6 Å². The Morgan fingerprint density at radius 2 is 1.77 bits per heavy atom. The lowest BCUT2D eigenvalue weighted by molar-refractivity contribution is -0.148. The van der Waals surface area contributed by atoms with E-state index in [1.54, 1.807) is 43.0 Å². The zero-order valence-electron chi connectivity index (χ0n) is 17.1. The molecule has 1 heterocycles. The molecule has 1 aliphatic heterocycles.